The molecule has 1 N–H and O–H groups in total. The largest absolute Gasteiger partial charge is 0.497 e. The zero-order valence-corrected chi connectivity index (χ0v) is 18.6. The fourth-order valence-electron chi connectivity index (χ4n) is 3.66. The van der Waals surface area contributed by atoms with Gasteiger partial charge in [-0.1, -0.05) is 24.3 Å². The van der Waals surface area contributed by atoms with Gasteiger partial charge < -0.3 is 14.6 Å². The summed E-state index contributed by atoms with van der Waals surface area (Å²) in [5, 5.41) is 3.37. The van der Waals surface area contributed by atoms with E-state index >= 15 is 0 Å². The van der Waals surface area contributed by atoms with E-state index in [1.54, 1.807) is 36.9 Å². The second kappa shape index (κ2) is 8.67. The van der Waals surface area contributed by atoms with Gasteiger partial charge in [-0.15, -0.1) is 0 Å². The molecule has 1 amide bonds. The van der Waals surface area contributed by atoms with E-state index in [4.69, 9.17) is 4.74 Å². The van der Waals surface area contributed by atoms with Crippen LogP contribution >= 0.6 is 0 Å². The van der Waals surface area contributed by atoms with Crippen molar-refractivity contribution in [3.05, 3.63) is 99.1 Å². The predicted octanol–water partition coefficient (Wildman–Crippen LogP) is 4.63. The molecule has 2 aromatic carbocycles. The molecule has 162 valence electrons. The number of nitrogens with one attached hydrogen (secondary N) is 1. The lowest BCUT2D eigenvalue weighted by molar-refractivity contribution is 0.102. The van der Waals surface area contributed by atoms with Gasteiger partial charge in [0.05, 0.1) is 35.8 Å². The Bertz CT molecular complexity index is 1370. The van der Waals surface area contributed by atoms with E-state index in [2.05, 4.69) is 10.3 Å². The monoisotopic (exact) mass is 427 g/mol. The number of pyridine rings is 2. The molecule has 0 aliphatic heterocycles. The molecule has 2 aromatic heterocycles. The number of rotatable bonds is 5. The van der Waals surface area contributed by atoms with Crippen molar-refractivity contribution >= 4 is 22.5 Å². The lowest BCUT2D eigenvalue weighted by atomic mass is 10.1. The van der Waals surface area contributed by atoms with Crippen molar-refractivity contribution in [2.45, 2.75) is 27.3 Å². The quantitative estimate of drug-likeness (QED) is 0.504. The van der Waals surface area contributed by atoms with Crippen LogP contribution in [0.1, 0.15) is 32.7 Å². The molecule has 4 aromatic rings. The lowest BCUT2D eigenvalue weighted by Crippen LogP contribution is -2.22. The third-order valence-corrected chi connectivity index (χ3v) is 5.76. The number of benzene rings is 2. The number of anilines is 1. The van der Waals surface area contributed by atoms with E-state index in [-0.39, 0.29) is 11.5 Å². The van der Waals surface area contributed by atoms with Gasteiger partial charge in [0.1, 0.15) is 5.75 Å². The Labute approximate surface area is 186 Å². The average Bonchev–Trinajstić information content (AvgIpc) is 2.79. The number of nitrogens with zero attached hydrogens (tertiary/aromatic N) is 2. The fourth-order valence-corrected chi connectivity index (χ4v) is 3.66. The Morgan fingerprint density at radius 1 is 1.06 bits per heavy atom. The molecule has 0 fully saturated rings. The number of hydrogen-bond donors (Lipinski definition) is 1. The van der Waals surface area contributed by atoms with E-state index in [0.717, 1.165) is 28.1 Å². The Hall–Kier alpha value is -3.93. The van der Waals surface area contributed by atoms with Gasteiger partial charge in [0, 0.05) is 11.9 Å². The molecule has 0 aliphatic rings. The zero-order valence-electron chi connectivity index (χ0n) is 18.6. The Balaban J connectivity index is 1.69. The van der Waals surface area contributed by atoms with Gasteiger partial charge >= 0.3 is 0 Å². The van der Waals surface area contributed by atoms with Crippen molar-refractivity contribution in [3.8, 4) is 5.75 Å². The van der Waals surface area contributed by atoms with Gasteiger partial charge in [-0.25, -0.2) is 0 Å². The summed E-state index contributed by atoms with van der Waals surface area (Å²) in [6, 6.07) is 16.8. The van der Waals surface area contributed by atoms with Crippen LogP contribution in [-0.2, 0) is 6.54 Å². The Morgan fingerprint density at radius 3 is 2.53 bits per heavy atom. The molecule has 0 bridgehead atoms. The minimum absolute atomic E-state index is 0.188. The molecule has 6 heteroatoms. The molecule has 0 aliphatic carbocycles. The molecule has 0 radical (unpaired) electrons. The Morgan fingerprint density at radius 2 is 1.81 bits per heavy atom. The van der Waals surface area contributed by atoms with Crippen LogP contribution < -0.4 is 15.6 Å². The molecule has 4 rings (SSSR count). The first kappa shape index (κ1) is 21.3. The molecule has 2 heterocycles. The van der Waals surface area contributed by atoms with Crippen LogP contribution in [0.15, 0.2) is 65.6 Å². The van der Waals surface area contributed by atoms with Gasteiger partial charge in [0.2, 0.25) is 0 Å². The molecule has 32 heavy (non-hydrogen) atoms. The number of fused-ring (bicyclic) bond motifs is 1. The lowest BCUT2D eigenvalue weighted by Gasteiger charge is -2.13. The number of methoxy groups -OCH3 is 1. The normalized spacial score (nSPS) is 10.9. The standard InChI is InChI=1S/C26H25N3O3/c1-16-6-5-7-23(17(16)2)28-25(30)21-14-22-24(27-18(21)3)12-13-29(26(22)31)15-19-8-10-20(32-4)11-9-19/h5-14H,15H2,1-4H3,(H,28,30). The van der Waals surface area contributed by atoms with E-state index in [0.29, 0.717) is 28.7 Å². The zero-order chi connectivity index (χ0) is 22.8. The average molecular weight is 428 g/mol. The maximum absolute atomic E-state index is 13.2. The fraction of sp³-hybridized carbons (Fsp3) is 0.192. The number of amides is 1. The molecular weight excluding hydrogens is 402 g/mol. The second-order valence-electron chi connectivity index (χ2n) is 7.85. The van der Waals surface area contributed by atoms with Crippen LogP contribution in [0.5, 0.6) is 5.75 Å². The van der Waals surface area contributed by atoms with Crippen molar-refractivity contribution < 1.29 is 9.53 Å². The highest BCUT2D eigenvalue weighted by Gasteiger charge is 2.15. The summed E-state index contributed by atoms with van der Waals surface area (Å²) in [5.74, 6) is 0.481. The summed E-state index contributed by atoms with van der Waals surface area (Å²) in [5.41, 5.74) is 5.17. The number of ether oxygens (including phenoxy) is 1. The summed E-state index contributed by atoms with van der Waals surface area (Å²) in [6.45, 7) is 6.16. The van der Waals surface area contributed by atoms with E-state index < -0.39 is 0 Å². The first-order valence-corrected chi connectivity index (χ1v) is 10.4. The molecule has 6 nitrogen and oxygen atoms in total. The van der Waals surface area contributed by atoms with Gasteiger partial charge in [0.15, 0.2) is 0 Å². The summed E-state index contributed by atoms with van der Waals surface area (Å²) in [7, 11) is 1.62. The number of carbonyl (C=O) groups excluding carboxylic acids is 1. The van der Waals surface area contributed by atoms with E-state index in [1.807, 2.05) is 56.3 Å². The SMILES string of the molecule is COc1ccc(Cn2ccc3nc(C)c(C(=O)Nc4cccc(C)c4C)cc3c2=O)cc1. The minimum Gasteiger partial charge on any atom is -0.497 e. The van der Waals surface area contributed by atoms with Crippen LogP contribution in [0.3, 0.4) is 0 Å². The summed E-state index contributed by atoms with van der Waals surface area (Å²) in [4.78, 5) is 30.7. The smallest absolute Gasteiger partial charge is 0.260 e. The number of aryl methyl sites for hydroxylation is 2. The van der Waals surface area contributed by atoms with Gasteiger partial charge in [-0.3, -0.25) is 14.6 Å². The van der Waals surface area contributed by atoms with Crippen LogP contribution in [0.25, 0.3) is 10.9 Å². The van der Waals surface area contributed by atoms with Crippen LogP contribution in [0, 0.1) is 20.8 Å². The molecule has 0 atom stereocenters. The molecule has 0 unspecified atom stereocenters. The maximum atomic E-state index is 13.2. The predicted molar refractivity (Wildman–Crippen MR) is 127 cm³/mol. The van der Waals surface area contributed by atoms with Crippen LogP contribution in [-0.4, -0.2) is 22.6 Å². The Kier molecular flexibility index (Phi) is 5.77. The van der Waals surface area contributed by atoms with Gasteiger partial charge in [-0.2, -0.15) is 0 Å². The summed E-state index contributed by atoms with van der Waals surface area (Å²) < 4.78 is 6.81. The van der Waals surface area contributed by atoms with Crippen molar-refractivity contribution in [3.63, 3.8) is 0 Å². The van der Waals surface area contributed by atoms with Gasteiger partial charge in [-0.05, 0) is 67.8 Å². The molecule has 0 spiro atoms. The molecular formula is C26H25N3O3. The van der Waals surface area contributed by atoms with Gasteiger partial charge in [0.25, 0.3) is 11.5 Å². The number of aromatic nitrogens is 2. The topological polar surface area (TPSA) is 73.2 Å². The van der Waals surface area contributed by atoms with E-state index in [1.165, 1.54) is 0 Å². The first-order valence-electron chi connectivity index (χ1n) is 10.4. The third kappa shape index (κ3) is 4.12. The van der Waals surface area contributed by atoms with Crippen molar-refractivity contribution in [1.82, 2.24) is 9.55 Å². The van der Waals surface area contributed by atoms with E-state index in [9.17, 15) is 9.59 Å². The number of carbonyl (C=O) groups is 1. The highest BCUT2D eigenvalue weighted by Crippen LogP contribution is 2.21. The minimum atomic E-state index is -0.282. The molecule has 0 saturated heterocycles. The maximum Gasteiger partial charge on any atom is 0.260 e. The summed E-state index contributed by atoms with van der Waals surface area (Å²) >= 11 is 0. The van der Waals surface area contributed by atoms with Crippen LogP contribution in [0.4, 0.5) is 5.69 Å². The summed E-state index contributed by atoms with van der Waals surface area (Å²) in [6.07, 6.45) is 1.73. The highest BCUT2D eigenvalue weighted by molar-refractivity contribution is 6.07. The number of hydrogen-bond acceptors (Lipinski definition) is 4. The highest BCUT2D eigenvalue weighted by atomic mass is 16.5. The molecule has 0 saturated carbocycles. The van der Waals surface area contributed by atoms with Crippen LogP contribution in [0.2, 0.25) is 0 Å². The van der Waals surface area contributed by atoms with Crippen molar-refractivity contribution in [2.75, 3.05) is 12.4 Å². The van der Waals surface area contributed by atoms with Crippen molar-refractivity contribution in [1.29, 1.82) is 0 Å². The second-order valence-corrected chi connectivity index (χ2v) is 7.85. The van der Waals surface area contributed by atoms with Crippen molar-refractivity contribution in [2.24, 2.45) is 0 Å². The third-order valence-electron chi connectivity index (χ3n) is 5.76. The first-order chi connectivity index (χ1) is 15.4.